The van der Waals surface area contributed by atoms with Crippen LogP contribution in [0.25, 0.3) is 10.9 Å². The van der Waals surface area contributed by atoms with Gasteiger partial charge in [0.05, 0.1) is 19.0 Å². The molecule has 0 spiro atoms. The zero-order chi connectivity index (χ0) is 21.4. The van der Waals surface area contributed by atoms with Crippen LogP contribution in [-0.4, -0.2) is 33.8 Å². The van der Waals surface area contributed by atoms with Crippen molar-refractivity contribution in [2.45, 2.75) is 44.3 Å². The molecule has 1 fully saturated rings. The number of hydrogen-bond donors (Lipinski definition) is 3. The van der Waals surface area contributed by atoms with Gasteiger partial charge in [0, 0.05) is 16.6 Å². The highest BCUT2D eigenvalue weighted by Crippen LogP contribution is 2.34. The zero-order valence-corrected chi connectivity index (χ0v) is 17.1. The summed E-state index contributed by atoms with van der Waals surface area (Å²) in [4.78, 5) is 42.4. The Morgan fingerprint density at radius 2 is 1.84 bits per heavy atom. The maximum Gasteiger partial charge on any atom is 0.325 e. The predicted octanol–water partition coefficient (Wildman–Crippen LogP) is 3.17. The van der Waals surface area contributed by atoms with Crippen molar-refractivity contribution in [1.29, 1.82) is 0 Å². The molecule has 1 saturated heterocycles. The van der Waals surface area contributed by atoms with E-state index in [-0.39, 0.29) is 30.8 Å². The fourth-order valence-corrected chi connectivity index (χ4v) is 4.63. The fraction of sp³-hybridized carbons (Fsp3) is 0.292. The molecule has 2 atom stereocenters. The second-order valence-electron chi connectivity index (χ2n) is 8.19. The third-order valence-corrected chi connectivity index (χ3v) is 6.13. The molecule has 5 rings (SSSR count). The number of carbonyl (C=O) groups excluding carboxylic acids is 3. The Labute approximate surface area is 179 Å². The van der Waals surface area contributed by atoms with E-state index in [0.29, 0.717) is 0 Å². The van der Waals surface area contributed by atoms with Gasteiger partial charge in [-0.05, 0) is 36.5 Å². The third-order valence-electron chi connectivity index (χ3n) is 6.13. The Morgan fingerprint density at radius 3 is 2.68 bits per heavy atom. The molecule has 3 N–H and O–H groups in total. The molecule has 7 nitrogen and oxygen atoms in total. The molecule has 158 valence electrons. The number of benzene rings is 2. The van der Waals surface area contributed by atoms with Gasteiger partial charge in [-0.15, -0.1) is 0 Å². The quantitative estimate of drug-likeness (QED) is 0.558. The summed E-state index contributed by atoms with van der Waals surface area (Å²) in [6.07, 6.45) is 2.75. The topological polar surface area (TPSA) is 94.3 Å². The number of aromatic nitrogens is 1. The number of carbonyl (C=O) groups is 3. The van der Waals surface area contributed by atoms with Crippen LogP contribution in [0.4, 0.5) is 4.79 Å². The van der Waals surface area contributed by atoms with Gasteiger partial charge in [-0.25, -0.2) is 4.79 Å². The summed E-state index contributed by atoms with van der Waals surface area (Å²) in [5.41, 5.74) is 4.24. The van der Waals surface area contributed by atoms with Crippen molar-refractivity contribution in [3.8, 4) is 0 Å². The Morgan fingerprint density at radius 1 is 1.06 bits per heavy atom. The highest BCUT2D eigenvalue weighted by Gasteiger charge is 2.39. The second kappa shape index (κ2) is 7.91. The van der Waals surface area contributed by atoms with E-state index < -0.39 is 12.1 Å². The van der Waals surface area contributed by atoms with Gasteiger partial charge in [-0.3, -0.25) is 14.5 Å². The van der Waals surface area contributed by atoms with Gasteiger partial charge >= 0.3 is 6.03 Å². The van der Waals surface area contributed by atoms with Gasteiger partial charge in [0.15, 0.2) is 0 Å². The maximum absolute atomic E-state index is 12.8. The first-order valence-corrected chi connectivity index (χ1v) is 10.6. The summed E-state index contributed by atoms with van der Waals surface area (Å²) in [5.74, 6) is -0.601. The Balaban J connectivity index is 1.25. The standard InChI is InChI=1S/C24H24N4O3/c29-21(13-20-23(30)28(24(31)27-20)14-15-7-2-1-3-8-15)25-19-12-6-10-17-16-9-4-5-11-18(16)26-22(17)19/h1-5,7-9,11,19-20,26H,6,10,12-14H2,(H,25,29)(H,27,31)/t19-,20-/m0/s1. The smallest absolute Gasteiger partial charge is 0.325 e. The molecule has 2 aliphatic rings. The van der Waals surface area contributed by atoms with Crippen molar-refractivity contribution in [3.63, 3.8) is 0 Å². The monoisotopic (exact) mass is 416 g/mol. The number of aryl methyl sites for hydroxylation is 1. The molecule has 1 aliphatic carbocycles. The van der Waals surface area contributed by atoms with Crippen LogP contribution < -0.4 is 10.6 Å². The SMILES string of the molecule is O=C(C[C@@H]1NC(=O)N(Cc2ccccc2)C1=O)N[C@H]1CCCc2c1[nH]c1ccccc21. The third kappa shape index (κ3) is 3.67. The number of amides is 4. The van der Waals surface area contributed by atoms with E-state index in [1.54, 1.807) is 0 Å². The minimum atomic E-state index is -0.831. The Kier molecular flexibility index (Phi) is 4.94. The van der Waals surface area contributed by atoms with Crippen LogP contribution in [0, 0.1) is 0 Å². The van der Waals surface area contributed by atoms with Crippen molar-refractivity contribution in [2.24, 2.45) is 0 Å². The molecule has 0 bridgehead atoms. The molecule has 3 aromatic rings. The Hall–Kier alpha value is -3.61. The van der Waals surface area contributed by atoms with Crippen LogP contribution in [0.1, 0.15) is 42.1 Å². The van der Waals surface area contributed by atoms with Crippen LogP contribution in [0.15, 0.2) is 54.6 Å². The first-order valence-electron chi connectivity index (χ1n) is 10.6. The van der Waals surface area contributed by atoms with E-state index in [1.807, 2.05) is 48.5 Å². The highest BCUT2D eigenvalue weighted by atomic mass is 16.2. The van der Waals surface area contributed by atoms with E-state index >= 15 is 0 Å². The summed E-state index contributed by atoms with van der Waals surface area (Å²) < 4.78 is 0. The van der Waals surface area contributed by atoms with E-state index in [1.165, 1.54) is 15.8 Å². The lowest BCUT2D eigenvalue weighted by Gasteiger charge is -2.24. The predicted molar refractivity (Wildman–Crippen MR) is 116 cm³/mol. The Bertz CT molecular complexity index is 1150. The number of aromatic amines is 1. The molecular formula is C24H24N4O3. The summed E-state index contributed by atoms with van der Waals surface area (Å²) in [5, 5.41) is 6.92. The van der Waals surface area contributed by atoms with Crippen LogP contribution in [0.3, 0.4) is 0 Å². The average Bonchev–Trinajstić information content (AvgIpc) is 3.28. The molecule has 7 heteroatoms. The van der Waals surface area contributed by atoms with Crippen LogP contribution in [0.2, 0.25) is 0 Å². The minimum Gasteiger partial charge on any atom is -0.356 e. The number of rotatable bonds is 5. The lowest BCUT2D eigenvalue weighted by Crippen LogP contribution is -2.38. The minimum absolute atomic E-state index is 0.0675. The highest BCUT2D eigenvalue weighted by molar-refractivity contribution is 6.05. The van der Waals surface area contributed by atoms with Gasteiger partial charge in [0.25, 0.3) is 5.91 Å². The molecule has 0 radical (unpaired) electrons. The number of H-pyrrole nitrogens is 1. The first kappa shape index (κ1) is 19.4. The fourth-order valence-electron chi connectivity index (χ4n) is 4.63. The van der Waals surface area contributed by atoms with Gasteiger partial charge < -0.3 is 15.6 Å². The van der Waals surface area contributed by atoms with Gasteiger partial charge in [-0.2, -0.15) is 0 Å². The maximum atomic E-state index is 12.8. The molecule has 2 heterocycles. The van der Waals surface area contributed by atoms with Crippen LogP contribution >= 0.6 is 0 Å². The summed E-state index contributed by atoms with van der Waals surface area (Å²) >= 11 is 0. The number of nitrogens with one attached hydrogen (secondary N) is 3. The number of fused-ring (bicyclic) bond motifs is 3. The van der Waals surface area contributed by atoms with Crippen molar-refractivity contribution >= 4 is 28.7 Å². The van der Waals surface area contributed by atoms with Crippen LogP contribution in [-0.2, 0) is 22.6 Å². The number of urea groups is 1. The van der Waals surface area contributed by atoms with Gasteiger partial charge in [0.1, 0.15) is 6.04 Å². The molecule has 1 aromatic heterocycles. The largest absolute Gasteiger partial charge is 0.356 e. The molecule has 4 amide bonds. The van der Waals surface area contributed by atoms with E-state index in [9.17, 15) is 14.4 Å². The summed E-state index contributed by atoms with van der Waals surface area (Å²) in [7, 11) is 0. The van der Waals surface area contributed by atoms with Crippen molar-refractivity contribution in [2.75, 3.05) is 0 Å². The number of nitrogens with zero attached hydrogens (tertiary/aromatic N) is 1. The molecule has 1 aliphatic heterocycles. The summed E-state index contributed by atoms with van der Waals surface area (Å²) in [6.45, 7) is 0.199. The lowest BCUT2D eigenvalue weighted by atomic mass is 9.91. The first-order chi connectivity index (χ1) is 15.1. The summed E-state index contributed by atoms with van der Waals surface area (Å²) in [6, 6.07) is 16.1. The number of hydrogen-bond acceptors (Lipinski definition) is 3. The second-order valence-corrected chi connectivity index (χ2v) is 8.19. The van der Waals surface area contributed by atoms with Crippen LogP contribution in [0.5, 0.6) is 0 Å². The van der Waals surface area contributed by atoms with Crippen molar-refractivity contribution < 1.29 is 14.4 Å². The van der Waals surface area contributed by atoms with Crippen molar-refractivity contribution in [1.82, 2.24) is 20.5 Å². The lowest BCUT2D eigenvalue weighted by molar-refractivity contribution is -0.131. The number of imide groups is 1. The molecule has 31 heavy (non-hydrogen) atoms. The zero-order valence-electron chi connectivity index (χ0n) is 17.1. The van der Waals surface area contributed by atoms with E-state index in [4.69, 9.17) is 0 Å². The molecular weight excluding hydrogens is 392 g/mol. The van der Waals surface area contributed by atoms with Crippen molar-refractivity contribution in [3.05, 3.63) is 71.4 Å². The molecule has 0 unspecified atom stereocenters. The van der Waals surface area contributed by atoms with E-state index in [2.05, 4.69) is 21.7 Å². The number of para-hydroxylation sites is 1. The normalized spacial score (nSPS) is 20.6. The van der Waals surface area contributed by atoms with E-state index in [0.717, 1.165) is 36.0 Å². The molecule has 2 aromatic carbocycles. The van der Waals surface area contributed by atoms with Gasteiger partial charge in [-0.1, -0.05) is 48.5 Å². The molecule has 0 saturated carbocycles. The van der Waals surface area contributed by atoms with Gasteiger partial charge in [0.2, 0.25) is 5.91 Å². The average molecular weight is 416 g/mol.